The van der Waals surface area contributed by atoms with Crippen LogP contribution in [-0.2, 0) is 4.74 Å². The van der Waals surface area contributed by atoms with E-state index in [1.807, 2.05) is 12.1 Å². The first-order chi connectivity index (χ1) is 9.20. The second kappa shape index (κ2) is 6.92. The van der Waals surface area contributed by atoms with E-state index in [4.69, 9.17) is 4.74 Å². The summed E-state index contributed by atoms with van der Waals surface area (Å²) in [6.07, 6.45) is 1.11. The highest BCUT2D eigenvalue weighted by molar-refractivity contribution is 5.30. The molecule has 1 aliphatic heterocycles. The fourth-order valence-corrected chi connectivity index (χ4v) is 3.04. The van der Waals surface area contributed by atoms with E-state index in [1.165, 1.54) is 5.56 Å². The van der Waals surface area contributed by atoms with Crippen molar-refractivity contribution in [2.45, 2.75) is 26.2 Å². The van der Waals surface area contributed by atoms with Gasteiger partial charge in [-0.25, -0.2) is 0 Å². The van der Waals surface area contributed by atoms with Gasteiger partial charge < -0.3 is 9.84 Å². The monoisotopic (exact) mass is 263 g/mol. The van der Waals surface area contributed by atoms with Gasteiger partial charge in [0.1, 0.15) is 5.75 Å². The lowest BCUT2D eigenvalue weighted by molar-refractivity contribution is 0.0298. The van der Waals surface area contributed by atoms with E-state index < -0.39 is 0 Å². The molecule has 1 aromatic carbocycles. The zero-order valence-electron chi connectivity index (χ0n) is 12.0. The molecule has 0 aromatic heterocycles. The SMILES string of the molecule is CC[C@@H](c1cccc(O)c1)[C@@H](C)CN1CCOCC1. The molecule has 0 radical (unpaired) electrons. The van der Waals surface area contributed by atoms with Crippen LogP contribution in [0.4, 0.5) is 0 Å². The number of ether oxygens (including phenoxy) is 1. The molecule has 0 bridgehead atoms. The third kappa shape index (κ3) is 3.95. The smallest absolute Gasteiger partial charge is 0.115 e. The molecule has 106 valence electrons. The average molecular weight is 263 g/mol. The van der Waals surface area contributed by atoms with Gasteiger partial charge >= 0.3 is 0 Å². The van der Waals surface area contributed by atoms with Crippen molar-refractivity contribution < 1.29 is 9.84 Å². The third-order valence-electron chi connectivity index (χ3n) is 4.07. The summed E-state index contributed by atoms with van der Waals surface area (Å²) in [5.74, 6) is 1.47. The fourth-order valence-electron chi connectivity index (χ4n) is 3.04. The van der Waals surface area contributed by atoms with E-state index in [0.717, 1.165) is 39.3 Å². The molecule has 0 spiro atoms. The second-order valence-electron chi connectivity index (χ2n) is 5.50. The number of aromatic hydroxyl groups is 1. The van der Waals surface area contributed by atoms with Crippen LogP contribution in [0.1, 0.15) is 31.7 Å². The molecular weight excluding hydrogens is 238 g/mol. The molecule has 1 N–H and O–H groups in total. The van der Waals surface area contributed by atoms with Crippen molar-refractivity contribution in [1.29, 1.82) is 0 Å². The van der Waals surface area contributed by atoms with E-state index in [0.29, 0.717) is 17.6 Å². The van der Waals surface area contributed by atoms with Gasteiger partial charge in [-0.05, 0) is 36.0 Å². The molecule has 3 heteroatoms. The number of hydrogen-bond acceptors (Lipinski definition) is 3. The van der Waals surface area contributed by atoms with Crippen molar-refractivity contribution in [3.8, 4) is 5.75 Å². The highest BCUT2D eigenvalue weighted by Crippen LogP contribution is 2.30. The van der Waals surface area contributed by atoms with Gasteiger partial charge in [-0.1, -0.05) is 26.0 Å². The Labute approximate surface area is 116 Å². The minimum Gasteiger partial charge on any atom is -0.508 e. The van der Waals surface area contributed by atoms with Crippen molar-refractivity contribution >= 4 is 0 Å². The molecule has 19 heavy (non-hydrogen) atoms. The van der Waals surface area contributed by atoms with Gasteiger partial charge in [0.25, 0.3) is 0 Å². The second-order valence-corrected chi connectivity index (χ2v) is 5.50. The number of rotatable bonds is 5. The number of morpholine rings is 1. The highest BCUT2D eigenvalue weighted by atomic mass is 16.5. The van der Waals surface area contributed by atoms with Gasteiger partial charge in [-0.2, -0.15) is 0 Å². The van der Waals surface area contributed by atoms with Crippen molar-refractivity contribution in [2.24, 2.45) is 5.92 Å². The molecule has 1 aliphatic rings. The molecule has 0 unspecified atom stereocenters. The molecular formula is C16H25NO2. The van der Waals surface area contributed by atoms with Crippen LogP contribution in [0.25, 0.3) is 0 Å². The number of phenols is 1. The van der Waals surface area contributed by atoms with Crippen LogP contribution in [0.2, 0.25) is 0 Å². The number of hydrogen-bond donors (Lipinski definition) is 1. The molecule has 2 rings (SSSR count). The predicted molar refractivity (Wildman–Crippen MR) is 77.6 cm³/mol. The lowest BCUT2D eigenvalue weighted by atomic mass is 9.84. The minimum atomic E-state index is 0.370. The lowest BCUT2D eigenvalue weighted by Gasteiger charge is -2.32. The van der Waals surface area contributed by atoms with Gasteiger partial charge in [0.15, 0.2) is 0 Å². The van der Waals surface area contributed by atoms with Gasteiger partial charge in [-0.15, -0.1) is 0 Å². The maximum atomic E-state index is 9.63. The van der Waals surface area contributed by atoms with Crippen LogP contribution in [0.3, 0.4) is 0 Å². The van der Waals surface area contributed by atoms with Crippen molar-refractivity contribution in [2.75, 3.05) is 32.8 Å². The maximum Gasteiger partial charge on any atom is 0.115 e. The Kier molecular flexibility index (Phi) is 5.23. The summed E-state index contributed by atoms with van der Waals surface area (Å²) < 4.78 is 5.39. The highest BCUT2D eigenvalue weighted by Gasteiger charge is 2.21. The van der Waals surface area contributed by atoms with Gasteiger partial charge in [0.05, 0.1) is 13.2 Å². The number of nitrogens with zero attached hydrogens (tertiary/aromatic N) is 1. The Morgan fingerprint density at radius 2 is 2.05 bits per heavy atom. The molecule has 1 saturated heterocycles. The van der Waals surface area contributed by atoms with Crippen LogP contribution in [-0.4, -0.2) is 42.9 Å². The predicted octanol–water partition coefficient (Wildman–Crippen LogP) is 2.85. The molecule has 1 aromatic rings. The van der Waals surface area contributed by atoms with E-state index in [1.54, 1.807) is 6.07 Å². The van der Waals surface area contributed by atoms with Gasteiger partial charge in [0.2, 0.25) is 0 Å². The Bertz CT molecular complexity index is 388. The zero-order valence-corrected chi connectivity index (χ0v) is 12.0. The van der Waals surface area contributed by atoms with Gasteiger partial charge in [-0.3, -0.25) is 4.90 Å². The van der Waals surface area contributed by atoms with E-state index in [-0.39, 0.29) is 0 Å². The molecule has 3 nitrogen and oxygen atoms in total. The van der Waals surface area contributed by atoms with Crippen LogP contribution in [0.15, 0.2) is 24.3 Å². The van der Waals surface area contributed by atoms with Crippen LogP contribution < -0.4 is 0 Å². The normalized spacial score (nSPS) is 20.1. The van der Waals surface area contributed by atoms with E-state index in [2.05, 4.69) is 24.8 Å². The summed E-state index contributed by atoms with van der Waals surface area (Å²) >= 11 is 0. The summed E-state index contributed by atoms with van der Waals surface area (Å²) in [5.41, 5.74) is 1.25. The fraction of sp³-hybridized carbons (Fsp3) is 0.625. The zero-order chi connectivity index (χ0) is 13.7. The van der Waals surface area contributed by atoms with Crippen LogP contribution in [0, 0.1) is 5.92 Å². The van der Waals surface area contributed by atoms with E-state index in [9.17, 15) is 5.11 Å². The van der Waals surface area contributed by atoms with Gasteiger partial charge in [0, 0.05) is 19.6 Å². The number of phenolic OH excluding ortho intramolecular Hbond substituents is 1. The Hall–Kier alpha value is -1.06. The summed E-state index contributed by atoms with van der Waals surface area (Å²) in [4.78, 5) is 2.49. The first-order valence-corrected chi connectivity index (χ1v) is 7.29. The average Bonchev–Trinajstić information content (AvgIpc) is 2.41. The molecule has 0 amide bonds. The van der Waals surface area contributed by atoms with Crippen molar-refractivity contribution in [3.05, 3.63) is 29.8 Å². The Balaban J connectivity index is 1.99. The standard InChI is InChI=1S/C16H25NO2/c1-3-16(14-5-4-6-15(18)11-14)13(2)12-17-7-9-19-10-8-17/h4-6,11,13,16,18H,3,7-10,12H2,1-2H3/t13-,16+/m0/s1. The first kappa shape index (κ1) is 14.4. The quantitative estimate of drug-likeness (QED) is 0.886. The molecule has 1 fully saturated rings. The Morgan fingerprint density at radius 1 is 1.32 bits per heavy atom. The first-order valence-electron chi connectivity index (χ1n) is 7.29. The van der Waals surface area contributed by atoms with Crippen LogP contribution >= 0.6 is 0 Å². The third-order valence-corrected chi connectivity index (χ3v) is 4.07. The van der Waals surface area contributed by atoms with E-state index >= 15 is 0 Å². The van der Waals surface area contributed by atoms with Crippen LogP contribution in [0.5, 0.6) is 5.75 Å². The van der Waals surface area contributed by atoms with Crippen molar-refractivity contribution in [1.82, 2.24) is 4.90 Å². The Morgan fingerprint density at radius 3 is 2.68 bits per heavy atom. The summed E-state index contributed by atoms with van der Waals surface area (Å²) in [6.45, 7) is 9.45. The molecule has 0 aliphatic carbocycles. The maximum absolute atomic E-state index is 9.63. The molecule has 2 atom stereocenters. The summed E-state index contributed by atoms with van der Waals surface area (Å²) in [6, 6.07) is 7.71. The minimum absolute atomic E-state index is 0.370. The summed E-state index contributed by atoms with van der Waals surface area (Å²) in [5, 5.41) is 9.63. The summed E-state index contributed by atoms with van der Waals surface area (Å²) in [7, 11) is 0. The number of benzene rings is 1. The lowest BCUT2D eigenvalue weighted by Crippen LogP contribution is -2.39. The largest absolute Gasteiger partial charge is 0.508 e. The molecule has 0 saturated carbocycles. The van der Waals surface area contributed by atoms with Crippen molar-refractivity contribution in [3.63, 3.8) is 0 Å². The molecule has 1 heterocycles. The topological polar surface area (TPSA) is 32.7 Å².